The number of nitro benzene ring substituents is 1. The van der Waals surface area contributed by atoms with Crippen LogP contribution in [0.1, 0.15) is 30.0 Å². The van der Waals surface area contributed by atoms with E-state index in [4.69, 9.17) is 4.74 Å². The first-order valence-corrected chi connectivity index (χ1v) is 10.7. The Balaban J connectivity index is 1.76. The normalized spacial score (nSPS) is 19.4. The summed E-state index contributed by atoms with van der Waals surface area (Å²) in [4.78, 5) is 40.8. The van der Waals surface area contributed by atoms with Gasteiger partial charge in [0.1, 0.15) is 18.0 Å². The number of nitro groups is 1. The fourth-order valence-corrected chi connectivity index (χ4v) is 4.63. The summed E-state index contributed by atoms with van der Waals surface area (Å²) >= 11 is -3.02. The Hall–Kier alpha value is -3.68. The first-order valence-electron chi connectivity index (χ1n) is 9.71. The van der Waals surface area contributed by atoms with Crippen LogP contribution in [0.15, 0.2) is 29.1 Å². The third-order valence-corrected chi connectivity index (χ3v) is 6.28. The molecule has 2 atom stereocenters. The molecule has 2 aromatic heterocycles. The molecule has 12 nitrogen and oxygen atoms in total. The molecule has 0 radical (unpaired) electrons. The van der Waals surface area contributed by atoms with E-state index in [-0.39, 0.29) is 41.6 Å². The highest BCUT2D eigenvalue weighted by molar-refractivity contribution is 7.74. The lowest BCUT2D eigenvalue weighted by Crippen LogP contribution is -2.44. The van der Waals surface area contributed by atoms with Crippen LogP contribution in [0.5, 0.6) is 5.75 Å². The van der Waals surface area contributed by atoms with Crippen molar-refractivity contribution >= 4 is 33.9 Å². The second-order valence-electron chi connectivity index (χ2n) is 7.62. The fraction of sp³-hybridized carbons (Fsp3) is 0.250. The number of pyridine rings is 2. The number of rotatable bonds is 4. The van der Waals surface area contributed by atoms with Crippen molar-refractivity contribution in [3.63, 3.8) is 0 Å². The Morgan fingerprint density at radius 2 is 2.12 bits per heavy atom. The molecule has 0 aliphatic carbocycles. The molecule has 0 saturated carbocycles. The van der Waals surface area contributed by atoms with Gasteiger partial charge in [0.05, 0.1) is 39.3 Å². The van der Waals surface area contributed by atoms with E-state index < -0.39 is 44.9 Å². The summed E-state index contributed by atoms with van der Waals surface area (Å²) < 4.78 is 32.8. The Labute approximate surface area is 187 Å². The summed E-state index contributed by atoms with van der Waals surface area (Å²) in [6, 6.07) is 5.47. The zero-order valence-corrected chi connectivity index (χ0v) is 17.7. The highest BCUT2D eigenvalue weighted by Gasteiger charge is 2.45. The van der Waals surface area contributed by atoms with Gasteiger partial charge in [0, 0.05) is 11.1 Å². The van der Waals surface area contributed by atoms with Gasteiger partial charge >= 0.3 is 11.7 Å². The summed E-state index contributed by atoms with van der Waals surface area (Å²) in [6.45, 7) is 1.35. The van der Waals surface area contributed by atoms with Gasteiger partial charge < -0.3 is 23.1 Å². The summed E-state index contributed by atoms with van der Waals surface area (Å²) in [5.41, 5.74) is -1.36. The third kappa shape index (κ3) is 2.97. The average molecular weight is 472 g/mol. The minimum Gasteiger partial charge on any atom is -0.740 e. The van der Waals surface area contributed by atoms with Crippen molar-refractivity contribution in [2.45, 2.75) is 32.1 Å². The molecule has 0 spiro atoms. The van der Waals surface area contributed by atoms with Crippen molar-refractivity contribution in [1.82, 2.24) is 9.55 Å². The van der Waals surface area contributed by atoms with Crippen molar-refractivity contribution in [1.29, 1.82) is 0 Å². The SMILES string of the molecule is CCC1(O)C(=O)OCc2c1cc1n(c2=O)Cc2cc3c([N+](=O)[O-])c(OS(=O)[O-])ccc3nc2-1. The highest BCUT2D eigenvalue weighted by atomic mass is 32.2. The van der Waals surface area contributed by atoms with Gasteiger partial charge in [-0.1, -0.05) is 6.92 Å². The molecule has 33 heavy (non-hydrogen) atoms. The molecule has 0 saturated heterocycles. The van der Waals surface area contributed by atoms with E-state index in [0.29, 0.717) is 17.0 Å². The molecule has 4 heterocycles. The number of hydrogen-bond donors (Lipinski definition) is 1. The zero-order valence-electron chi connectivity index (χ0n) is 16.9. The maximum Gasteiger partial charge on any atom is 0.343 e. The predicted molar refractivity (Wildman–Crippen MR) is 111 cm³/mol. The van der Waals surface area contributed by atoms with Gasteiger partial charge in [-0.3, -0.25) is 14.9 Å². The van der Waals surface area contributed by atoms with Gasteiger partial charge in [-0.15, -0.1) is 0 Å². The van der Waals surface area contributed by atoms with Crippen LogP contribution in [0.4, 0.5) is 5.69 Å². The van der Waals surface area contributed by atoms with Crippen LogP contribution in [-0.4, -0.2) is 34.3 Å². The molecule has 13 heteroatoms. The molecule has 0 fully saturated rings. The number of benzene rings is 1. The van der Waals surface area contributed by atoms with Crippen LogP contribution < -0.4 is 9.74 Å². The maximum atomic E-state index is 13.2. The van der Waals surface area contributed by atoms with Crippen molar-refractivity contribution in [3.8, 4) is 17.1 Å². The van der Waals surface area contributed by atoms with Crippen LogP contribution in [0.2, 0.25) is 0 Å². The molecule has 5 rings (SSSR count). The molecule has 1 aromatic carbocycles. The van der Waals surface area contributed by atoms with Crippen LogP contribution in [-0.2, 0) is 39.6 Å². The van der Waals surface area contributed by atoms with E-state index in [1.807, 2.05) is 0 Å². The van der Waals surface area contributed by atoms with Crippen LogP contribution in [0.25, 0.3) is 22.3 Å². The summed E-state index contributed by atoms with van der Waals surface area (Å²) in [5, 5.41) is 22.6. The number of nitrogens with zero attached hydrogens (tertiary/aromatic N) is 3. The van der Waals surface area contributed by atoms with Crippen LogP contribution >= 0.6 is 0 Å². The van der Waals surface area contributed by atoms with Crippen LogP contribution in [0.3, 0.4) is 0 Å². The minimum absolute atomic E-state index is 0.00418. The third-order valence-electron chi connectivity index (χ3n) is 5.97. The number of cyclic esters (lactones) is 1. The van der Waals surface area contributed by atoms with Crippen molar-refractivity contribution in [2.75, 3.05) is 0 Å². The number of carbonyl (C=O) groups is 1. The zero-order chi connectivity index (χ0) is 23.7. The number of aliphatic hydroxyl groups is 1. The maximum absolute atomic E-state index is 13.2. The average Bonchev–Trinajstić information content (AvgIpc) is 3.12. The van der Waals surface area contributed by atoms with Gasteiger partial charge in [0.15, 0.2) is 5.60 Å². The topological polar surface area (TPSA) is 174 Å². The smallest absolute Gasteiger partial charge is 0.343 e. The number of hydrogen-bond acceptors (Lipinski definition) is 10. The van der Waals surface area contributed by atoms with E-state index in [9.17, 15) is 33.6 Å². The first kappa shape index (κ1) is 21.2. The van der Waals surface area contributed by atoms with Gasteiger partial charge in [-0.25, -0.2) is 14.0 Å². The Bertz CT molecular complexity index is 1480. The molecular formula is C20H14N3O9S-. The van der Waals surface area contributed by atoms with Crippen molar-refractivity contribution in [2.24, 2.45) is 0 Å². The number of aromatic nitrogens is 2. The Morgan fingerprint density at radius 1 is 1.36 bits per heavy atom. The van der Waals surface area contributed by atoms with E-state index in [1.54, 1.807) is 6.92 Å². The number of ether oxygens (including phenoxy) is 1. The molecule has 2 aliphatic heterocycles. The summed E-state index contributed by atoms with van der Waals surface area (Å²) in [7, 11) is 0. The van der Waals surface area contributed by atoms with Crippen LogP contribution in [0, 0.1) is 10.1 Å². The lowest BCUT2D eigenvalue weighted by atomic mass is 9.86. The van der Waals surface area contributed by atoms with E-state index in [1.165, 1.54) is 22.8 Å². The molecule has 2 unspecified atom stereocenters. The standard InChI is InChI=1S/C20H15N3O9S/c1-2-20(26)12-6-14-16-9(7-22(14)18(24)11(12)8-31-19(20)25)5-10-13(21-16)3-4-15(32-33(29)30)17(10)23(27)28/h3-6,26H,2,7-8H2,1H3,(H,29,30)/p-1. The Kier molecular flexibility index (Phi) is 4.60. The number of esters is 1. The van der Waals surface area contributed by atoms with Gasteiger partial charge in [-0.05, 0) is 30.7 Å². The first-order chi connectivity index (χ1) is 15.7. The van der Waals surface area contributed by atoms with Crippen molar-refractivity contribution in [3.05, 3.63) is 61.4 Å². The minimum atomic E-state index is -3.02. The monoisotopic (exact) mass is 472 g/mol. The lowest BCUT2D eigenvalue weighted by Gasteiger charge is -2.31. The van der Waals surface area contributed by atoms with Gasteiger partial charge in [0.25, 0.3) is 5.56 Å². The number of carbonyl (C=O) groups excluding carboxylic acids is 1. The second kappa shape index (κ2) is 7.16. The van der Waals surface area contributed by atoms with Crippen molar-refractivity contribution < 1.29 is 32.5 Å². The molecule has 0 bridgehead atoms. The highest BCUT2D eigenvalue weighted by Crippen LogP contribution is 2.41. The summed E-state index contributed by atoms with van der Waals surface area (Å²) in [5.74, 6) is -1.31. The van der Waals surface area contributed by atoms with Gasteiger partial charge in [0.2, 0.25) is 5.75 Å². The molecule has 0 amide bonds. The summed E-state index contributed by atoms with van der Waals surface area (Å²) in [6.07, 6.45) is -0.00418. The number of fused-ring (bicyclic) bond motifs is 5. The second-order valence-corrected chi connectivity index (χ2v) is 8.20. The Morgan fingerprint density at radius 3 is 2.79 bits per heavy atom. The van der Waals surface area contributed by atoms with E-state index in [0.717, 1.165) is 6.07 Å². The fourth-order valence-electron chi connectivity index (χ4n) is 4.35. The lowest BCUT2D eigenvalue weighted by molar-refractivity contribution is -0.383. The quantitative estimate of drug-likeness (QED) is 0.196. The molecule has 3 aromatic rings. The molecule has 1 N–H and O–H groups in total. The largest absolute Gasteiger partial charge is 0.740 e. The van der Waals surface area contributed by atoms with E-state index >= 15 is 0 Å². The predicted octanol–water partition coefficient (Wildman–Crippen LogP) is 1.16. The van der Waals surface area contributed by atoms with Gasteiger partial charge in [-0.2, -0.15) is 0 Å². The molecule has 170 valence electrons. The molecule has 2 aliphatic rings. The molecular weight excluding hydrogens is 458 g/mol. The van der Waals surface area contributed by atoms with E-state index in [2.05, 4.69) is 9.17 Å².